The second-order valence-corrected chi connectivity index (χ2v) is 5.44. The van der Waals surface area contributed by atoms with Crippen molar-refractivity contribution in [1.82, 2.24) is 5.32 Å². The second kappa shape index (κ2) is 6.74. The van der Waals surface area contributed by atoms with Crippen molar-refractivity contribution in [3.8, 4) is 0 Å². The highest BCUT2D eigenvalue weighted by molar-refractivity contribution is 6.30. The molecule has 2 aromatic rings. The number of benzene rings is 2. The van der Waals surface area contributed by atoms with Crippen molar-refractivity contribution in [3.05, 3.63) is 70.2 Å². The average molecular weight is 274 g/mol. The minimum absolute atomic E-state index is 0.476. The molecule has 1 nitrogen and oxygen atoms in total. The first-order chi connectivity index (χ1) is 9.19. The van der Waals surface area contributed by atoms with E-state index in [4.69, 9.17) is 11.6 Å². The first-order valence-electron chi connectivity index (χ1n) is 6.64. The Balaban J connectivity index is 2.18. The maximum Gasteiger partial charge on any atom is 0.0406 e. The molecule has 19 heavy (non-hydrogen) atoms. The second-order valence-electron chi connectivity index (χ2n) is 5.00. The summed E-state index contributed by atoms with van der Waals surface area (Å²) in [5, 5.41) is 4.08. The van der Waals surface area contributed by atoms with Gasteiger partial charge in [-0.1, -0.05) is 53.6 Å². The average Bonchev–Trinajstić information content (AvgIpc) is 2.39. The third kappa shape index (κ3) is 4.09. The Morgan fingerprint density at radius 3 is 2.47 bits per heavy atom. The van der Waals surface area contributed by atoms with E-state index >= 15 is 0 Å². The molecule has 1 atom stereocenters. The number of hydrogen-bond acceptors (Lipinski definition) is 1. The fourth-order valence-corrected chi connectivity index (χ4v) is 2.54. The molecule has 0 heterocycles. The van der Waals surface area contributed by atoms with Crippen LogP contribution in [0.25, 0.3) is 0 Å². The molecule has 0 saturated carbocycles. The van der Waals surface area contributed by atoms with Gasteiger partial charge in [-0.3, -0.25) is 0 Å². The van der Waals surface area contributed by atoms with E-state index in [1.807, 2.05) is 19.2 Å². The van der Waals surface area contributed by atoms with Crippen molar-refractivity contribution in [2.24, 2.45) is 0 Å². The van der Waals surface area contributed by atoms with E-state index in [2.05, 4.69) is 48.6 Å². The summed E-state index contributed by atoms with van der Waals surface area (Å²) < 4.78 is 0. The summed E-state index contributed by atoms with van der Waals surface area (Å²) in [4.78, 5) is 0. The molecule has 0 saturated heterocycles. The highest BCUT2D eigenvalue weighted by atomic mass is 35.5. The van der Waals surface area contributed by atoms with Gasteiger partial charge in [-0.15, -0.1) is 0 Å². The van der Waals surface area contributed by atoms with Crippen LogP contribution in [-0.4, -0.2) is 13.6 Å². The standard InChI is InChI=1S/C17H20ClN/c1-13-4-3-5-14(10-13)11-16(12-19-2)15-6-8-17(18)9-7-15/h3-10,16,19H,11-12H2,1-2H3. The lowest BCUT2D eigenvalue weighted by atomic mass is 9.91. The molecule has 2 rings (SSSR count). The van der Waals surface area contributed by atoms with Gasteiger partial charge in [-0.2, -0.15) is 0 Å². The quantitative estimate of drug-likeness (QED) is 0.861. The van der Waals surface area contributed by atoms with Crippen LogP contribution in [0.2, 0.25) is 5.02 Å². The van der Waals surface area contributed by atoms with Gasteiger partial charge in [0.25, 0.3) is 0 Å². The molecule has 0 bridgehead atoms. The van der Waals surface area contributed by atoms with E-state index in [0.29, 0.717) is 5.92 Å². The van der Waals surface area contributed by atoms with Gasteiger partial charge in [-0.05, 0) is 43.7 Å². The van der Waals surface area contributed by atoms with E-state index in [9.17, 15) is 0 Å². The van der Waals surface area contributed by atoms with Gasteiger partial charge in [0.05, 0.1) is 0 Å². The normalized spacial score (nSPS) is 12.4. The number of likely N-dealkylation sites (N-methyl/N-ethyl adjacent to an activating group) is 1. The zero-order chi connectivity index (χ0) is 13.7. The number of hydrogen-bond donors (Lipinski definition) is 1. The largest absolute Gasteiger partial charge is 0.319 e. The topological polar surface area (TPSA) is 12.0 Å². The zero-order valence-electron chi connectivity index (χ0n) is 11.5. The summed E-state index contributed by atoms with van der Waals surface area (Å²) in [7, 11) is 2.00. The Labute approximate surface area is 120 Å². The van der Waals surface area contributed by atoms with Crippen molar-refractivity contribution in [2.45, 2.75) is 19.3 Å². The summed E-state index contributed by atoms with van der Waals surface area (Å²) in [5.74, 6) is 0.476. The molecule has 1 unspecified atom stereocenters. The van der Waals surface area contributed by atoms with Crippen LogP contribution >= 0.6 is 11.6 Å². The highest BCUT2D eigenvalue weighted by Crippen LogP contribution is 2.22. The van der Waals surface area contributed by atoms with Crippen LogP contribution in [0, 0.1) is 6.92 Å². The summed E-state index contributed by atoms with van der Waals surface area (Å²) >= 11 is 5.96. The lowest BCUT2D eigenvalue weighted by Crippen LogP contribution is -2.19. The van der Waals surface area contributed by atoms with E-state index in [1.165, 1.54) is 16.7 Å². The van der Waals surface area contributed by atoms with Crippen LogP contribution < -0.4 is 5.32 Å². The SMILES string of the molecule is CNCC(Cc1cccc(C)c1)c1ccc(Cl)cc1. The van der Waals surface area contributed by atoms with Gasteiger partial charge in [0.1, 0.15) is 0 Å². The van der Waals surface area contributed by atoms with Gasteiger partial charge >= 0.3 is 0 Å². The summed E-state index contributed by atoms with van der Waals surface area (Å²) in [5.41, 5.74) is 4.03. The van der Waals surface area contributed by atoms with Gasteiger partial charge in [0.15, 0.2) is 0 Å². The Morgan fingerprint density at radius 2 is 1.84 bits per heavy atom. The first-order valence-corrected chi connectivity index (χ1v) is 7.02. The third-order valence-electron chi connectivity index (χ3n) is 3.36. The smallest absolute Gasteiger partial charge is 0.0406 e. The Morgan fingerprint density at radius 1 is 1.11 bits per heavy atom. The molecule has 0 aliphatic rings. The van der Waals surface area contributed by atoms with Crippen LogP contribution in [0.15, 0.2) is 48.5 Å². The van der Waals surface area contributed by atoms with Crippen LogP contribution in [-0.2, 0) is 6.42 Å². The number of rotatable bonds is 5. The first kappa shape index (κ1) is 14.1. The maximum atomic E-state index is 5.96. The minimum Gasteiger partial charge on any atom is -0.319 e. The molecule has 1 N–H and O–H groups in total. The summed E-state index contributed by atoms with van der Waals surface area (Å²) in [6.07, 6.45) is 1.05. The highest BCUT2D eigenvalue weighted by Gasteiger charge is 2.11. The molecular formula is C17H20ClN. The predicted molar refractivity (Wildman–Crippen MR) is 83.0 cm³/mol. The van der Waals surface area contributed by atoms with Crippen molar-refractivity contribution in [1.29, 1.82) is 0 Å². The monoisotopic (exact) mass is 273 g/mol. The Kier molecular flexibility index (Phi) is 5.00. The van der Waals surface area contributed by atoms with Crippen LogP contribution in [0.3, 0.4) is 0 Å². The lowest BCUT2D eigenvalue weighted by Gasteiger charge is -2.17. The molecule has 0 spiro atoms. The molecule has 0 aliphatic heterocycles. The molecule has 0 fully saturated rings. The molecule has 0 aromatic heterocycles. The molecule has 100 valence electrons. The van der Waals surface area contributed by atoms with Crippen LogP contribution in [0.5, 0.6) is 0 Å². The van der Waals surface area contributed by atoms with E-state index in [0.717, 1.165) is 18.0 Å². The molecular weight excluding hydrogens is 254 g/mol. The molecule has 0 radical (unpaired) electrons. The molecule has 2 aromatic carbocycles. The van der Waals surface area contributed by atoms with Gasteiger partial charge in [0.2, 0.25) is 0 Å². The van der Waals surface area contributed by atoms with Crippen molar-refractivity contribution >= 4 is 11.6 Å². The fourth-order valence-electron chi connectivity index (χ4n) is 2.41. The summed E-state index contributed by atoms with van der Waals surface area (Å²) in [6.45, 7) is 3.11. The maximum absolute atomic E-state index is 5.96. The van der Waals surface area contributed by atoms with E-state index < -0.39 is 0 Å². The molecule has 0 aliphatic carbocycles. The Bertz CT molecular complexity index is 519. The van der Waals surface area contributed by atoms with Gasteiger partial charge < -0.3 is 5.32 Å². The number of halogens is 1. The van der Waals surface area contributed by atoms with Gasteiger partial charge in [0, 0.05) is 17.5 Å². The number of nitrogens with one attached hydrogen (secondary N) is 1. The van der Waals surface area contributed by atoms with E-state index in [-0.39, 0.29) is 0 Å². The van der Waals surface area contributed by atoms with Crippen molar-refractivity contribution < 1.29 is 0 Å². The van der Waals surface area contributed by atoms with Gasteiger partial charge in [-0.25, -0.2) is 0 Å². The zero-order valence-corrected chi connectivity index (χ0v) is 12.2. The number of aryl methyl sites for hydroxylation is 1. The third-order valence-corrected chi connectivity index (χ3v) is 3.61. The minimum atomic E-state index is 0.476. The summed E-state index contributed by atoms with van der Waals surface area (Å²) in [6, 6.07) is 16.9. The molecule has 0 amide bonds. The van der Waals surface area contributed by atoms with E-state index in [1.54, 1.807) is 0 Å². The van der Waals surface area contributed by atoms with Crippen molar-refractivity contribution in [3.63, 3.8) is 0 Å². The lowest BCUT2D eigenvalue weighted by molar-refractivity contribution is 0.625. The predicted octanol–water partition coefficient (Wildman–Crippen LogP) is 4.19. The van der Waals surface area contributed by atoms with Crippen LogP contribution in [0.4, 0.5) is 0 Å². The fraction of sp³-hybridized carbons (Fsp3) is 0.294. The Hall–Kier alpha value is -1.31. The molecule has 2 heteroatoms. The van der Waals surface area contributed by atoms with Crippen molar-refractivity contribution in [2.75, 3.05) is 13.6 Å². The van der Waals surface area contributed by atoms with Crippen LogP contribution in [0.1, 0.15) is 22.6 Å².